The number of nitrogens with two attached hydrogens (primary N) is 2. The Labute approximate surface area is 87.8 Å². The number of aliphatic hydroxyl groups excluding tert-OH is 1. The molecule has 1 atom stereocenters. The minimum absolute atomic E-state index is 0.0604. The van der Waals surface area contributed by atoms with Gasteiger partial charge in [0.2, 0.25) is 11.8 Å². The van der Waals surface area contributed by atoms with E-state index in [2.05, 4.69) is 5.32 Å². The van der Waals surface area contributed by atoms with E-state index in [1.54, 1.807) is 0 Å². The maximum Gasteiger partial charge on any atom is 0.237 e. The van der Waals surface area contributed by atoms with E-state index in [1.807, 2.05) is 0 Å². The molecule has 1 unspecified atom stereocenters. The summed E-state index contributed by atoms with van der Waals surface area (Å²) in [5.74, 6) is -1.06. The molecule has 15 heavy (non-hydrogen) atoms. The first-order valence-electron chi connectivity index (χ1n) is 4.58. The van der Waals surface area contributed by atoms with Crippen LogP contribution in [0.25, 0.3) is 0 Å². The summed E-state index contributed by atoms with van der Waals surface area (Å²) in [6, 6.07) is -0.916. The monoisotopic (exact) mass is 219 g/mol. The van der Waals surface area contributed by atoms with Gasteiger partial charge in [-0.15, -0.1) is 0 Å². The van der Waals surface area contributed by atoms with E-state index < -0.39 is 17.9 Å². The second-order valence-electron chi connectivity index (χ2n) is 2.90. The van der Waals surface area contributed by atoms with Gasteiger partial charge in [0.15, 0.2) is 0 Å². The summed E-state index contributed by atoms with van der Waals surface area (Å²) in [6.07, 6.45) is -0.177. The molecule has 2 amide bonds. The molecule has 0 saturated heterocycles. The summed E-state index contributed by atoms with van der Waals surface area (Å²) < 4.78 is 4.90. The summed E-state index contributed by atoms with van der Waals surface area (Å²) in [7, 11) is 0. The van der Waals surface area contributed by atoms with Gasteiger partial charge in [-0.2, -0.15) is 0 Å². The van der Waals surface area contributed by atoms with E-state index >= 15 is 0 Å². The van der Waals surface area contributed by atoms with Gasteiger partial charge in [0.05, 0.1) is 32.3 Å². The number of ether oxygens (including phenoxy) is 1. The molecule has 0 aromatic rings. The fourth-order valence-corrected chi connectivity index (χ4v) is 0.854. The Hall–Kier alpha value is -1.18. The van der Waals surface area contributed by atoms with Crippen LogP contribution in [0.15, 0.2) is 0 Å². The molecule has 0 aliphatic rings. The first-order chi connectivity index (χ1) is 7.07. The number of amides is 2. The van der Waals surface area contributed by atoms with Crippen LogP contribution in [0.2, 0.25) is 0 Å². The lowest BCUT2D eigenvalue weighted by Crippen LogP contribution is -2.44. The van der Waals surface area contributed by atoms with Crippen molar-refractivity contribution < 1.29 is 19.4 Å². The molecule has 0 radical (unpaired) electrons. The van der Waals surface area contributed by atoms with Crippen molar-refractivity contribution in [3.8, 4) is 0 Å². The highest BCUT2D eigenvalue weighted by Gasteiger charge is 2.14. The number of hydrogen-bond donors (Lipinski definition) is 4. The number of primary amides is 1. The zero-order chi connectivity index (χ0) is 11.7. The van der Waals surface area contributed by atoms with Gasteiger partial charge in [-0.3, -0.25) is 9.59 Å². The molecule has 0 aliphatic heterocycles. The second-order valence-corrected chi connectivity index (χ2v) is 2.90. The average Bonchev–Trinajstić information content (AvgIpc) is 2.16. The highest BCUT2D eigenvalue weighted by Crippen LogP contribution is 1.86. The van der Waals surface area contributed by atoms with Crippen molar-refractivity contribution in [3.63, 3.8) is 0 Å². The third-order valence-corrected chi connectivity index (χ3v) is 1.54. The molecule has 0 spiro atoms. The van der Waals surface area contributed by atoms with Gasteiger partial charge >= 0.3 is 0 Å². The summed E-state index contributed by atoms with van der Waals surface area (Å²) in [6.45, 7) is 0.735. The van der Waals surface area contributed by atoms with E-state index in [0.29, 0.717) is 0 Å². The summed E-state index contributed by atoms with van der Waals surface area (Å²) in [4.78, 5) is 21.6. The van der Waals surface area contributed by atoms with Crippen LogP contribution in [-0.4, -0.2) is 49.3 Å². The van der Waals surface area contributed by atoms with Crippen LogP contribution < -0.4 is 16.8 Å². The molecule has 0 fully saturated rings. The molecule has 7 heteroatoms. The predicted octanol–water partition coefficient (Wildman–Crippen LogP) is -2.69. The van der Waals surface area contributed by atoms with E-state index in [9.17, 15) is 9.59 Å². The van der Waals surface area contributed by atoms with Gasteiger partial charge in [0.1, 0.15) is 0 Å². The minimum atomic E-state index is -0.916. The number of carbonyl (C=O) groups excluding carboxylic acids is 2. The highest BCUT2D eigenvalue weighted by atomic mass is 16.5. The lowest BCUT2D eigenvalue weighted by molar-refractivity contribution is -0.126. The lowest BCUT2D eigenvalue weighted by Gasteiger charge is -2.10. The van der Waals surface area contributed by atoms with Crippen molar-refractivity contribution in [2.75, 3.05) is 26.4 Å². The van der Waals surface area contributed by atoms with Crippen molar-refractivity contribution in [2.24, 2.45) is 11.5 Å². The Morgan fingerprint density at radius 2 is 2.07 bits per heavy atom. The van der Waals surface area contributed by atoms with Gasteiger partial charge in [-0.05, 0) is 0 Å². The number of nitrogens with one attached hydrogen (secondary N) is 1. The highest BCUT2D eigenvalue weighted by molar-refractivity contribution is 5.87. The normalized spacial score (nSPS) is 12.1. The van der Waals surface area contributed by atoms with Gasteiger partial charge in [0.25, 0.3) is 0 Å². The molecule has 7 nitrogen and oxygen atoms in total. The standard InChI is InChI=1S/C8H17N3O4/c9-6(5-7(10)13)8(14)11-1-3-15-4-2-12/h6,12H,1-5,9H2,(H2,10,13)(H,11,14). The van der Waals surface area contributed by atoms with Crippen molar-refractivity contribution in [1.29, 1.82) is 0 Å². The van der Waals surface area contributed by atoms with Crippen LogP contribution in [0.1, 0.15) is 6.42 Å². The van der Waals surface area contributed by atoms with Crippen LogP contribution in [0.5, 0.6) is 0 Å². The number of rotatable bonds is 8. The molecular formula is C8H17N3O4. The Bertz CT molecular complexity index is 210. The van der Waals surface area contributed by atoms with Gasteiger partial charge in [0, 0.05) is 6.54 Å². The first kappa shape index (κ1) is 13.8. The zero-order valence-electron chi connectivity index (χ0n) is 8.44. The molecule has 0 saturated carbocycles. The molecule has 88 valence electrons. The van der Waals surface area contributed by atoms with E-state index in [4.69, 9.17) is 21.3 Å². The molecule has 0 aromatic carbocycles. The maximum absolute atomic E-state index is 11.2. The van der Waals surface area contributed by atoms with Gasteiger partial charge < -0.3 is 26.6 Å². The third kappa shape index (κ3) is 7.86. The second kappa shape index (κ2) is 8.16. The number of aliphatic hydroxyl groups is 1. The predicted molar refractivity (Wildman–Crippen MR) is 52.7 cm³/mol. The number of carbonyl (C=O) groups is 2. The molecule has 0 bridgehead atoms. The van der Waals surface area contributed by atoms with Crippen LogP contribution in [0, 0.1) is 0 Å². The molecule has 6 N–H and O–H groups in total. The van der Waals surface area contributed by atoms with Crippen molar-refractivity contribution in [1.82, 2.24) is 5.32 Å². The minimum Gasteiger partial charge on any atom is -0.394 e. The van der Waals surface area contributed by atoms with Crippen molar-refractivity contribution in [2.45, 2.75) is 12.5 Å². The lowest BCUT2D eigenvalue weighted by atomic mass is 10.2. The Morgan fingerprint density at radius 1 is 1.40 bits per heavy atom. The Morgan fingerprint density at radius 3 is 2.60 bits per heavy atom. The summed E-state index contributed by atoms with van der Waals surface area (Å²) in [5.41, 5.74) is 10.2. The molecule has 0 rings (SSSR count). The van der Waals surface area contributed by atoms with Gasteiger partial charge in [-0.1, -0.05) is 0 Å². The fourth-order valence-electron chi connectivity index (χ4n) is 0.854. The smallest absolute Gasteiger partial charge is 0.237 e. The summed E-state index contributed by atoms with van der Waals surface area (Å²) >= 11 is 0. The van der Waals surface area contributed by atoms with Gasteiger partial charge in [-0.25, -0.2) is 0 Å². The zero-order valence-corrected chi connectivity index (χ0v) is 8.44. The van der Waals surface area contributed by atoms with E-state index in [1.165, 1.54) is 0 Å². The summed E-state index contributed by atoms with van der Waals surface area (Å²) in [5, 5.41) is 10.8. The van der Waals surface area contributed by atoms with E-state index in [0.717, 1.165) is 0 Å². The Balaban J connectivity index is 3.51. The largest absolute Gasteiger partial charge is 0.394 e. The quantitative estimate of drug-likeness (QED) is 0.331. The van der Waals surface area contributed by atoms with Crippen molar-refractivity contribution in [3.05, 3.63) is 0 Å². The first-order valence-corrected chi connectivity index (χ1v) is 4.58. The third-order valence-electron chi connectivity index (χ3n) is 1.54. The Kier molecular flexibility index (Phi) is 7.51. The molecule has 0 aliphatic carbocycles. The fraction of sp³-hybridized carbons (Fsp3) is 0.750. The van der Waals surface area contributed by atoms with Crippen molar-refractivity contribution >= 4 is 11.8 Å². The maximum atomic E-state index is 11.2. The molecule has 0 heterocycles. The average molecular weight is 219 g/mol. The topological polar surface area (TPSA) is 128 Å². The van der Waals surface area contributed by atoms with Crippen LogP contribution >= 0.6 is 0 Å². The SMILES string of the molecule is NC(=O)CC(N)C(=O)NCCOCCO. The number of hydrogen-bond acceptors (Lipinski definition) is 5. The van der Waals surface area contributed by atoms with E-state index in [-0.39, 0.29) is 32.8 Å². The van der Waals surface area contributed by atoms with Crippen LogP contribution in [0.3, 0.4) is 0 Å². The molecule has 0 aromatic heterocycles. The molecular weight excluding hydrogens is 202 g/mol. The van der Waals surface area contributed by atoms with Crippen LogP contribution in [-0.2, 0) is 14.3 Å². The van der Waals surface area contributed by atoms with Crippen LogP contribution in [0.4, 0.5) is 0 Å².